The van der Waals surface area contributed by atoms with Crippen LogP contribution in [0.15, 0.2) is 72.8 Å². The summed E-state index contributed by atoms with van der Waals surface area (Å²) in [7, 11) is 0. The van der Waals surface area contributed by atoms with E-state index in [-0.39, 0.29) is 0 Å². The normalized spacial score (nSPS) is 11.4. The Bertz CT molecular complexity index is 1250. The molecule has 0 aliphatic rings. The number of allylic oxidation sites excluding steroid dienone is 1. The van der Waals surface area contributed by atoms with Crippen molar-refractivity contribution in [1.29, 1.82) is 5.26 Å². The van der Waals surface area contributed by atoms with Gasteiger partial charge in [0.1, 0.15) is 18.4 Å². The Morgan fingerprint density at radius 3 is 2.67 bits per heavy atom. The van der Waals surface area contributed by atoms with E-state index < -0.39 is 0 Å². The Hall–Kier alpha value is -3.55. The van der Waals surface area contributed by atoms with Gasteiger partial charge in [0.2, 0.25) is 0 Å². The zero-order chi connectivity index (χ0) is 20.9. The van der Waals surface area contributed by atoms with Gasteiger partial charge in [-0.15, -0.1) is 0 Å². The molecule has 0 radical (unpaired) electrons. The van der Waals surface area contributed by atoms with Crippen LogP contribution >= 0.6 is 11.6 Å². The second-order valence-electron chi connectivity index (χ2n) is 6.83. The van der Waals surface area contributed by atoms with E-state index in [0.717, 1.165) is 34.5 Å². The minimum Gasteiger partial charge on any atom is -0.489 e. The number of aryl methyl sites for hydroxylation is 1. The maximum atomic E-state index is 9.82. The van der Waals surface area contributed by atoms with Crippen molar-refractivity contribution in [2.24, 2.45) is 0 Å². The average Bonchev–Trinajstić information content (AvgIpc) is 3.16. The van der Waals surface area contributed by atoms with Crippen LogP contribution in [0.1, 0.15) is 23.9 Å². The van der Waals surface area contributed by atoms with Crippen LogP contribution < -0.4 is 4.74 Å². The molecule has 0 N–H and O–H groups in total. The summed E-state index contributed by atoms with van der Waals surface area (Å²) >= 11 is 5.93. The van der Waals surface area contributed by atoms with Gasteiger partial charge in [0.15, 0.2) is 5.82 Å². The topological polar surface area (TPSA) is 50.8 Å². The molecule has 30 heavy (non-hydrogen) atoms. The summed E-state index contributed by atoms with van der Waals surface area (Å²) in [6.45, 7) is 3.23. The van der Waals surface area contributed by atoms with Crippen molar-refractivity contribution in [3.63, 3.8) is 0 Å². The highest BCUT2D eigenvalue weighted by molar-refractivity contribution is 6.30. The number of hydrogen-bond donors (Lipinski definition) is 0. The van der Waals surface area contributed by atoms with Crippen molar-refractivity contribution in [2.75, 3.05) is 0 Å². The van der Waals surface area contributed by atoms with Crippen LogP contribution in [-0.2, 0) is 13.2 Å². The highest BCUT2D eigenvalue weighted by Gasteiger charge is 2.13. The lowest BCUT2D eigenvalue weighted by molar-refractivity contribution is 0.306. The molecule has 0 fully saturated rings. The zero-order valence-corrected chi connectivity index (χ0v) is 17.3. The number of nitriles is 1. The zero-order valence-electron chi connectivity index (χ0n) is 16.5. The number of nitrogens with zero attached hydrogens (tertiary/aromatic N) is 3. The molecule has 3 aromatic carbocycles. The van der Waals surface area contributed by atoms with Gasteiger partial charge < -0.3 is 9.30 Å². The first-order chi connectivity index (χ1) is 14.7. The lowest BCUT2D eigenvalue weighted by Crippen LogP contribution is -2.00. The molecule has 0 atom stereocenters. The first-order valence-corrected chi connectivity index (χ1v) is 10.1. The molecule has 0 spiro atoms. The molecule has 0 saturated heterocycles. The fraction of sp³-hybridized carbons (Fsp3) is 0.120. The highest BCUT2D eigenvalue weighted by Crippen LogP contribution is 2.24. The fourth-order valence-corrected chi connectivity index (χ4v) is 3.48. The van der Waals surface area contributed by atoms with E-state index in [0.29, 0.717) is 23.0 Å². The Labute approximate surface area is 180 Å². The van der Waals surface area contributed by atoms with Crippen molar-refractivity contribution in [3.8, 4) is 11.8 Å². The quantitative estimate of drug-likeness (QED) is 0.346. The number of fused-ring (bicyclic) bond motifs is 1. The van der Waals surface area contributed by atoms with Crippen molar-refractivity contribution in [1.82, 2.24) is 9.55 Å². The van der Waals surface area contributed by atoms with Gasteiger partial charge in [0.25, 0.3) is 0 Å². The highest BCUT2D eigenvalue weighted by atomic mass is 35.5. The third-order valence-electron chi connectivity index (χ3n) is 4.82. The molecule has 5 heteroatoms. The van der Waals surface area contributed by atoms with E-state index in [1.54, 1.807) is 0 Å². The van der Waals surface area contributed by atoms with Gasteiger partial charge in [-0.25, -0.2) is 4.98 Å². The molecule has 4 rings (SSSR count). The van der Waals surface area contributed by atoms with E-state index in [4.69, 9.17) is 16.3 Å². The molecule has 1 heterocycles. The molecule has 4 aromatic rings. The van der Waals surface area contributed by atoms with Gasteiger partial charge in [-0.1, -0.05) is 48.0 Å². The monoisotopic (exact) mass is 413 g/mol. The van der Waals surface area contributed by atoms with E-state index in [9.17, 15) is 5.26 Å². The summed E-state index contributed by atoms with van der Waals surface area (Å²) in [6, 6.07) is 25.5. The summed E-state index contributed by atoms with van der Waals surface area (Å²) in [5.74, 6) is 1.41. The van der Waals surface area contributed by atoms with Crippen LogP contribution in [0.2, 0.25) is 5.02 Å². The Kier molecular flexibility index (Phi) is 5.83. The molecule has 148 valence electrons. The fourth-order valence-electron chi connectivity index (χ4n) is 3.36. The predicted molar refractivity (Wildman–Crippen MR) is 121 cm³/mol. The number of aromatic nitrogens is 2. The third kappa shape index (κ3) is 4.22. The van der Waals surface area contributed by atoms with E-state index in [1.807, 2.05) is 78.9 Å². The van der Waals surface area contributed by atoms with Crippen LogP contribution in [-0.4, -0.2) is 9.55 Å². The summed E-state index contributed by atoms with van der Waals surface area (Å²) in [4.78, 5) is 4.69. The van der Waals surface area contributed by atoms with Crippen LogP contribution in [0.4, 0.5) is 0 Å². The summed E-state index contributed by atoms with van der Waals surface area (Å²) in [5.41, 5.74) is 4.35. The molecule has 4 nitrogen and oxygen atoms in total. The molecule has 0 unspecified atom stereocenters. The van der Waals surface area contributed by atoms with Crippen molar-refractivity contribution in [2.45, 2.75) is 20.1 Å². The van der Waals surface area contributed by atoms with Gasteiger partial charge in [-0.3, -0.25) is 0 Å². The number of hydrogen-bond acceptors (Lipinski definition) is 3. The van der Waals surface area contributed by atoms with E-state index in [2.05, 4.69) is 22.5 Å². The van der Waals surface area contributed by atoms with Crippen molar-refractivity contribution >= 4 is 34.3 Å². The van der Waals surface area contributed by atoms with Gasteiger partial charge in [0.05, 0.1) is 16.6 Å². The summed E-state index contributed by atoms with van der Waals surface area (Å²) < 4.78 is 7.97. The predicted octanol–water partition coefficient (Wildman–Crippen LogP) is 6.35. The van der Waals surface area contributed by atoms with E-state index in [1.165, 1.54) is 0 Å². The molecule has 0 aliphatic carbocycles. The number of benzene rings is 3. The van der Waals surface area contributed by atoms with Crippen molar-refractivity contribution in [3.05, 3.63) is 94.8 Å². The minimum absolute atomic E-state index is 0.446. The maximum Gasteiger partial charge on any atom is 0.151 e. The largest absolute Gasteiger partial charge is 0.489 e. The average molecular weight is 414 g/mol. The summed E-state index contributed by atoms with van der Waals surface area (Å²) in [6.07, 6.45) is 1.85. The van der Waals surface area contributed by atoms with Gasteiger partial charge >= 0.3 is 0 Å². The van der Waals surface area contributed by atoms with E-state index >= 15 is 0 Å². The first kappa shape index (κ1) is 19.8. The Morgan fingerprint density at radius 2 is 1.90 bits per heavy atom. The van der Waals surface area contributed by atoms with Gasteiger partial charge in [-0.2, -0.15) is 5.26 Å². The standard InChI is InChI=1S/C25H20ClN3O/c1-2-29-24-9-4-3-8-23(24)28-25(29)20(16-27)14-19-6-5-7-22(15-19)30-17-18-10-12-21(26)13-11-18/h3-15H,2,17H2,1H3/b20-14-. The minimum atomic E-state index is 0.446. The van der Waals surface area contributed by atoms with Crippen molar-refractivity contribution < 1.29 is 4.74 Å². The number of rotatable bonds is 6. The number of ether oxygens (including phenoxy) is 1. The lowest BCUT2D eigenvalue weighted by Gasteiger charge is -2.08. The summed E-state index contributed by atoms with van der Waals surface area (Å²) in [5, 5.41) is 10.5. The number of imidazole rings is 1. The molecule has 0 bridgehead atoms. The Balaban J connectivity index is 1.61. The number of para-hydroxylation sites is 2. The molecular formula is C25H20ClN3O. The van der Waals surface area contributed by atoms with Crippen LogP contribution in [0.5, 0.6) is 5.75 Å². The van der Waals surface area contributed by atoms with Crippen LogP contribution in [0.3, 0.4) is 0 Å². The third-order valence-corrected chi connectivity index (χ3v) is 5.07. The second kappa shape index (κ2) is 8.86. The SMILES string of the molecule is CCn1c(/C(C#N)=C\c2cccc(OCc3ccc(Cl)cc3)c2)nc2ccccc21. The smallest absolute Gasteiger partial charge is 0.151 e. The number of halogens is 1. The maximum absolute atomic E-state index is 9.82. The lowest BCUT2D eigenvalue weighted by atomic mass is 10.1. The molecule has 0 amide bonds. The molecule has 0 aliphatic heterocycles. The van der Waals surface area contributed by atoms with Crippen LogP contribution in [0.25, 0.3) is 22.7 Å². The van der Waals surface area contributed by atoms with Gasteiger partial charge in [-0.05, 0) is 60.5 Å². The molecule has 1 aromatic heterocycles. The Morgan fingerprint density at radius 1 is 1.10 bits per heavy atom. The molecule has 0 saturated carbocycles. The van der Waals surface area contributed by atoms with Crippen LogP contribution in [0, 0.1) is 11.3 Å². The second-order valence-corrected chi connectivity index (χ2v) is 7.26. The first-order valence-electron chi connectivity index (χ1n) is 9.72. The van der Waals surface area contributed by atoms with Gasteiger partial charge in [0, 0.05) is 11.6 Å². The molecular weight excluding hydrogens is 394 g/mol.